The van der Waals surface area contributed by atoms with Gasteiger partial charge in [-0.1, -0.05) is 58.8 Å². The Morgan fingerprint density at radius 2 is 1.62 bits per heavy atom. The van der Waals surface area contributed by atoms with E-state index in [0.29, 0.717) is 6.61 Å². The minimum Gasteiger partial charge on any atom is -0.394 e. The van der Waals surface area contributed by atoms with Gasteiger partial charge in [0.1, 0.15) is 0 Å². The molecule has 1 N–H and O–H groups in total. The molecule has 0 saturated heterocycles. The molecule has 0 aliphatic rings. The average molecular weight is 230 g/mol. The first kappa shape index (κ1) is 15.9. The van der Waals surface area contributed by atoms with E-state index in [4.69, 9.17) is 9.84 Å². The third-order valence-corrected chi connectivity index (χ3v) is 3.00. The first-order chi connectivity index (χ1) is 7.81. The van der Waals surface area contributed by atoms with Crippen molar-refractivity contribution in [2.24, 2.45) is 5.92 Å². The summed E-state index contributed by atoms with van der Waals surface area (Å²) in [4.78, 5) is 0. The topological polar surface area (TPSA) is 29.5 Å². The van der Waals surface area contributed by atoms with Gasteiger partial charge in [-0.2, -0.15) is 0 Å². The summed E-state index contributed by atoms with van der Waals surface area (Å²) in [7, 11) is 0. The van der Waals surface area contributed by atoms with Gasteiger partial charge in [0.2, 0.25) is 0 Å². The highest BCUT2D eigenvalue weighted by Gasteiger charge is 1.99. The standard InChI is InChI=1S/C14H30O2/c1-3-9-14(2)10-7-5-4-6-8-12-16-13-11-15/h14-15H,3-13H2,1-2H3. The molecule has 0 saturated carbocycles. The fraction of sp³-hybridized carbons (Fsp3) is 1.00. The highest BCUT2D eigenvalue weighted by Crippen LogP contribution is 2.15. The summed E-state index contributed by atoms with van der Waals surface area (Å²) in [5.41, 5.74) is 0. The van der Waals surface area contributed by atoms with E-state index in [0.717, 1.165) is 18.9 Å². The molecule has 0 rings (SSSR count). The van der Waals surface area contributed by atoms with Crippen LogP contribution >= 0.6 is 0 Å². The molecular weight excluding hydrogens is 200 g/mol. The Bertz CT molecular complexity index is 126. The number of aliphatic hydroxyl groups excluding tert-OH is 1. The Kier molecular flexibility index (Phi) is 12.9. The van der Waals surface area contributed by atoms with Crippen LogP contribution in [0.15, 0.2) is 0 Å². The van der Waals surface area contributed by atoms with Crippen LogP contribution in [-0.4, -0.2) is 24.9 Å². The molecule has 0 aromatic rings. The Morgan fingerprint density at radius 3 is 2.31 bits per heavy atom. The van der Waals surface area contributed by atoms with E-state index in [2.05, 4.69) is 13.8 Å². The van der Waals surface area contributed by atoms with Crippen molar-refractivity contribution in [3.05, 3.63) is 0 Å². The summed E-state index contributed by atoms with van der Waals surface area (Å²) in [5.74, 6) is 0.915. The zero-order valence-electron chi connectivity index (χ0n) is 11.2. The second-order valence-electron chi connectivity index (χ2n) is 4.79. The zero-order chi connectivity index (χ0) is 12.1. The van der Waals surface area contributed by atoms with Gasteiger partial charge in [0, 0.05) is 6.61 Å². The van der Waals surface area contributed by atoms with Gasteiger partial charge in [-0.25, -0.2) is 0 Å². The fourth-order valence-corrected chi connectivity index (χ4v) is 2.03. The highest BCUT2D eigenvalue weighted by atomic mass is 16.5. The van der Waals surface area contributed by atoms with Crippen LogP contribution < -0.4 is 0 Å². The van der Waals surface area contributed by atoms with Gasteiger partial charge in [-0.3, -0.25) is 0 Å². The maximum Gasteiger partial charge on any atom is 0.0697 e. The number of aliphatic hydroxyl groups is 1. The van der Waals surface area contributed by atoms with E-state index in [1.54, 1.807) is 0 Å². The molecule has 2 heteroatoms. The van der Waals surface area contributed by atoms with Gasteiger partial charge in [-0.05, 0) is 12.3 Å². The first-order valence-electron chi connectivity index (χ1n) is 6.99. The van der Waals surface area contributed by atoms with Gasteiger partial charge >= 0.3 is 0 Å². The van der Waals surface area contributed by atoms with Crippen molar-refractivity contribution in [3.63, 3.8) is 0 Å². The van der Waals surface area contributed by atoms with Crippen LogP contribution in [0.5, 0.6) is 0 Å². The summed E-state index contributed by atoms with van der Waals surface area (Å²) in [5, 5.41) is 8.51. The summed E-state index contributed by atoms with van der Waals surface area (Å²) in [6.45, 7) is 6.09. The van der Waals surface area contributed by atoms with E-state index < -0.39 is 0 Å². The molecule has 2 nitrogen and oxygen atoms in total. The molecule has 0 heterocycles. The maximum absolute atomic E-state index is 8.51. The predicted octanol–water partition coefficient (Wildman–Crippen LogP) is 3.77. The van der Waals surface area contributed by atoms with Gasteiger partial charge in [0.25, 0.3) is 0 Å². The highest BCUT2D eigenvalue weighted by molar-refractivity contribution is 4.53. The molecule has 1 unspecified atom stereocenters. The van der Waals surface area contributed by atoms with E-state index in [-0.39, 0.29) is 6.61 Å². The van der Waals surface area contributed by atoms with Crippen molar-refractivity contribution in [2.75, 3.05) is 19.8 Å². The Hall–Kier alpha value is -0.0800. The normalized spacial score (nSPS) is 12.9. The van der Waals surface area contributed by atoms with Gasteiger partial charge in [0.15, 0.2) is 0 Å². The molecule has 0 radical (unpaired) electrons. The Balaban J connectivity index is 2.98. The Labute approximate surface area is 101 Å². The predicted molar refractivity (Wildman–Crippen MR) is 69.7 cm³/mol. The van der Waals surface area contributed by atoms with Crippen molar-refractivity contribution >= 4 is 0 Å². The van der Waals surface area contributed by atoms with Crippen LogP contribution in [0.1, 0.15) is 65.2 Å². The van der Waals surface area contributed by atoms with Crippen molar-refractivity contribution in [1.82, 2.24) is 0 Å². The quantitative estimate of drug-likeness (QED) is 0.517. The molecule has 0 aliphatic heterocycles. The molecule has 1 atom stereocenters. The van der Waals surface area contributed by atoms with Crippen molar-refractivity contribution in [1.29, 1.82) is 0 Å². The lowest BCUT2D eigenvalue weighted by atomic mass is 9.98. The second kappa shape index (κ2) is 13.0. The fourth-order valence-electron chi connectivity index (χ4n) is 2.03. The molecule has 0 aliphatic carbocycles. The summed E-state index contributed by atoms with van der Waals surface area (Å²) in [6.07, 6.45) is 10.6. The van der Waals surface area contributed by atoms with Crippen LogP contribution in [0.4, 0.5) is 0 Å². The summed E-state index contributed by atoms with van der Waals surface area (Å²) in [6, 6.07) is 0. The van der Waals surface area contributed by atoms with Gasteiger partial charge < -0.3 is 9.84 Å². The smallest absolute Gasteiger partial charge is 0.0697 e. The van der Waals surface area contributed by atoms with Crippen LogP contribution in [0.2, 0.25) is 0 Å². The second-order valence-corrected chi connectivity index (χ2v) is 4.79. The number of ether oxygens (including phenoxy) is 1. The molecule has 98 valence electrons. The monoisotopic (exact) mass is 230 g/mol. The van der Waals surface area contributed by atoms with E-state index in [9.17, 15) is 0 Å². The minimum absolute atomic E-state index is 0.148. The third-order valence-electron chi connectivity index (χ3n) is 3.00. The largest absolute Gasteiger partial charge is 0.394 e. The molecule has 0 fully saturated rings. The third kappa shape index (κ3) is 12.0. The molecule has 0 spiro atoms. The van der Waals surface area contributed by atoms with E-state index in [1.807, 2.05) is 0 Å². The molecule has 0 bridgehead atoms. The lowest BCUT2D eigenvalue weighted by Crippen LogP contribution is -2.00. The van der Waals surface area contributed by atoms with Crippen molar-refractivity contribution in [2.45, 2.75) is 65.2 Å². The first-order valence-corrected chi connectivity index (χ1v) is 6.99. The Morgan fingerprint density at radius 1 is 0.938 bits per heavy atom. The molecule has 16 heavy (non-hydrogen) atoms. The molecule has 0 aromatic heterocycles. The van der Waals surface area contributed by atoms with Crippen LogP contribution in [-0.2, 0) is 4.74 Å². The van der Waals surface area contributed by atoms with Crippen LogP contribution in [0.25, 0.3) is 0 Å². The number of rotatable bonds is 12. The minimum atomic E-state index is 0.148. The number of hydrogen-bond donors (Lipinski definition) is 1. The number of unbranched alkanes of at least 4 members (excludes halogenated alkanes) is 4. The van der Waals surface area contributed by atoms with Crippen LogP contribution in [0, 0.1) is 5.92 Å². The maximum atomic E-state index is 8.51. The van der Waals surface area contributed by atoms with Crippen LogP contribution in [0.3, 0.4) is 0 Å². The molecule has 0 aromatic carbocycles. The summed E-state index contributed by atoms with van der Waals surface area (Å²) < 4.78 is 5.21. The lowest BCUT2D eigenvalue weighted by molar-refractivity contribution is 0.0895. The lowest BCUT2D eigenvalue weighted by Gasteiger charge is -2.09. The molecular formula is C14H30O2. The van der Waals surface area contributed by atoms with Gasteiger partial charge in [0.05, 0.1) is 13.2 Å². The van der Waals surface area contributed by atoms with Crippen molar-refractivity contribution < 1.29 is 9.84 Å². The zero-order valence-corrected chi connectivity index (χ0v) is 11.2. The average Bonchev–Trinajstić information content (AvgIpc) is 2.27. The van der Waals surface area contributed by atoms with Crippen molar-refractivity contribution in [3.8, 4) is 0 Å². The SMILES string of the molecule is CCCC(C)CCCCCCCOCCO. The van der Waals surface area contributed by atoms with E-state index >= 15 is 0 Å². The van der Waals surface area contributed by atoms with E-state index in [1.165, 1.54) is 44.9 Å². The van der Waals surface area contributed by atoms with Gasteiger partial charge in [-0.15, -0.1) is 0 Å². The summed E-state index contributed by atoms with van der Waals surface area (Å²) >= 11 is 0. The number of hydrogen-bond acceptors (Lipinski definition) is 2. The molecule has 0 amide bonds.